The smallest absolute Gasteiger partial charge is 0.164 e. The Morgan fingerprint density at radius 3 is 2.50 bits per heavy atom. The lowest BCUT2D eigenvalue weighted by molar-refractivity contribution is -0.119. The second-order valence-corrected chi connectivity index (χ2v) is 3.62. The standard InChI is InChI=1S/C13H18O3/c1-5-11(14)9(2)10-7-6-8-12(15-3)13(10)16-4/h6-9H,5H2,1-4H3. The van der Waals surface area contributed by atoms with E-state index in [1.165, 1.54) is 0 Å². The number of hydrogen-bond acceptors (Lipinski definition) is 3. The Labute approximate surface area is 96.4 Å². The molecule has 0 amide bonds. The number of carbonyl (C=O) groups excluding carboxylic acids is 1. The lowest BCUT2D eigenvalue weighted by Crippen LogP contribution is -2.09. The highest BCUT2D eigenvalue weighted by molar-refractivity contribution is 5.86. The number of hydrogen-bond donors (Lipinski definition) is 0. The number of ketones is 1. The summed E-state index contributed by atoms with van der Waals surface area (Å²) < 4.78 is 10.5. The van der Waals surface area contributed by atoms with Crippen LogP contribution in [0.5, 0.6) is 11.5 Å². The molecule has 0 heterocycles. The van der Waals surface area contributed by atoms with Crippen molar-refractivity contribution in [1.29, 1.82) is 0 Å². The molecule has 0 N–H and O–H groups in total. The molecule has 1 rings (SSSR count). The summed E-state index contributed by atoms with van der Waals surface area (Å²) in [7, 11) is 3.18. The van der Waals surface area contributed by atoms with E-state index in [0.29, 0.717) is 17.9 Å². The van der Waals surface area contributed by atoms with Crippen molar-refractivity contribution in [3.8, 4) is 11.5 Å². The highest BCUT2D eigenvalue weighted by atomic mass is 16.5. The van der Waals surface area contributed by atoms with Crippen LogP contribution in [0.2, 0.25) is 0 Å². The van der Waals surface area contributed by atoms with Crippen molar-refractivity contribution in [3.05, 3.63) is 23.8 Å². The maximum Gasteiger partial charge on any atom is 0.164 e. The molecule has 0 aromatic heterocycles. The van der Waals surface area contributed by atoms with Crippen LogP contribution in [-0.2, 0) is 4.79 Å². The molecule has 0 aliphatic rings. The fourth-order valence-electron chi connectivity index (χ4n) is 1.73. The van der Waals surface area contributed by atoms with Crippen molar-refractivity contribution in [1.82, 2.24) is 0 Å². The zero-order chi connectivity index (χ0) is 12.1. The second-order valence-electron chi connectivity index (χ2n) is 3.62. The molecule has 0 bridgehead atoms. The monoisotopic (exact) mass is 222 g/mol. The van der Waals surface area contributed by atoms with E-state index >= 15 is 0 Å². The largest absolute Gasteiger partial charge is 0.493 e. The topological polar surface area (TPSA) is 35.5 Å². The van der Waals surface area contributed by atoms with Crippen LogP contribution in [0.15, 0.2) is 18.2 Å². The van der Waals surface area contributed by atoms with Crippen LogP contribution in [0, 0.1) is 0 Å². The molecular weight excluding hydrogens is 204 g/mol. The number of benzene rings is 1. The zero-order valence-corrected chi connectivity index (χ0v) is 10.2. The molecule has 3 heteroatoms. The predicted octanol–water partition coefficient (Wildman–Crippen LogP) is 2.79. The molecule has 0 spiro atoms. The second kappa shape index (κ2) is 5.54. The van der Waals surface area contributed by atoms with E-state index in [1.54, 1.807) is 14.2 Å². The highest BCUT2D eigenvalue weighted by Crippen LogP contribution is 2.35. The lowest BCUT2D eigenvalue weighted by atomic mass is 9.94. The first kappa shape index (κ1) is 12.6. The van der Waals surface area contributed by atoms with Crippen LogP contribution < -0.4 is 9.47 Å². The van der Waals surface area contributed by atoms with Gasteiger partial charge in [0.2, 0.25) is 0 Å². The Kier molecular flexibility index (Phi) is 4.35. The first-order chi connectivity index (χ1) is 7.65. The summed E-state index contributed by atoms with van der Waals surface area (Å²) in [5, 5.41) is 0. The highest BCUT2D eigenvalue weighted by Gasteiger charge is 2.19. The van der Waals surface area contributed by atoms with Gasteiger partial charge in [0.1, 0.15) is 5.78 Å². The molecule has 3 nitrogen and oxygen atoms in total. The lowest BCUT2D eigenvalue weighted by Gasteiger charge is -2.16. The molecule has 1 unspecified atom stereocenters. The first-order valence-electron chi connectivity index (χ1n) is 5.39. The molecule has 16 heavy (non-hydrogen) atoms. The fraction of sp³-hybridized carbons (Fsp3) is 0.462. The number of ether oxygens (including phenoxy) is 2. The van der Waals surface area contributed by atoms with Crippen molar-refractivity contribution in [2.75, 3.05) is 14.2 Å². The summed E-state index contributed by atoms with van der Waals surface area (Å²) in [4.78, 5) is 11.7. The Morgan fingerprint density at radius 1 is 1.31 bits per heavy atom. The van der Waals surface area contributed by atoms with Gasteiger partial charge in [-0.2, -0.15) is 0 Å². The zero-order valence-electron chi connectivity index (χ0n) is 10.2. The minimum atomic E-state index is -0.157. The number of methoxy groups -OCH3 is 2. The average molecular weight is 222 g/mol. The van der Waals surface area contributed by atoms with E-state index in [1.807, 2.05) is 32.0 Å². The summed E-state index contributed by atoms with van der Waals surface area (Å²) in [6.07, 6.45) is 0.529. The van der Waals surface area contributed by atoms with E-state index < -0.39 is 0 Å². The van der Waals surface area contributed by atoms with Gasteiger partial charge in [-0.15, -0.1) is 0 Å². The van der Waals surface area contributed by atoms with Crippen LogP contribution in [0.25, 0.3) is 0 Å². The van der Waals surface area contributed by atoms with Gasteiger partial charge in [0.15, 0.2) is 11.5 Å². The van der Waals surface area contributed by atoms with Crippen LogP contribution in [0.1, 0.15) is 31.7 Å². The molecule has 0 aliphatic carbocycles. The molecule has 1 aromatic rings. The molecule has 0 aliphatic heterocycles. The molecule has 1 atom stereocenters. The van der Waals surface area contributed by atoms with Gasteiger partial charge in [-0.3, -0.25) is 4.79 Å². The van der Waals surface area contributed by atoms with E-state index in [4.69, 9.17) is 9.47 Å². The maximum absolute atomic E-state index is 11.7. The van der Waals surface area contributed by atoms with Crippen LogP contribution in [-0.4, -0.2) is 20.0 Å². The van der Waals surface area contributed by atoms with Crippen molar-refractivity contribution in [2.45, 2.75) is 26.2 Å². The Morgan fingerprint density at radius 2 is 2.00 bits per heavy atom. The maximum atomic E-state index is 11.7. The molecule has 0 saturated heterocycles. The summed E-state index contributed by atoms with van der Waals surface area (Å²) >= 11 is 0. The molecule has 0 saturated carbocycles. The van der Waals surface area contributed by atoms with E-state index in [-0.39, 0.29) is 11.7 Å². The Bertz CT molecular complexity index is 371. The normalized spacial score (nSPS) is 12.0. The van der Waals surface area contributed by atoms with Gasteiger partial charge in [0.25, 0.3) is 0 Å². The Balaban J connectivity index is 3.17. The molecule has 88 valence electrons. The first-order valence-corrected chi connectivity index (χ1v) is 5.39. The predicted molar refractivity (Wildman–Crippen MR) is 63.3 cm³/mol. The number of para-hydroxylation sites is 1. The van der Waals surface area contributed by atoms with Crippen LogP contribution >= 0.6 is 0 Å². The number of rotatable bonds is 5. The minimum Gasteiger partial charge on any atom is -0.493 e. The fourth-order valence-corrected chi connectivity index (χ4v) is 1.73. The van der Waals surface area contributed by atoms with Gasteiger partial charge >= 0.3 is 0 Å². The molecule has 1 aromatic carbocycles. The van der Waals surface area contributed by atoms with Crippen molar-refractivity contribution in [3.63, 3.8) is 0 Å². The molecular formula is C13H18O3. The van der Waals surface area contributed by atoms with Gasteiger partial charge in [-0.1, -0.05) is 26.0 Å². The SMILES string of the molecule is CCC(=O)C(C)c1cccc(OC)c1OC. The summed E-state index contributed by atoms with van der Waals surface area (Å²) in [5.41, 5.74) is 0.883. The third-order valence-corrected chi connectivity index (χ3v) is 2.73. The molecule has 0 fully saturated rings. The third-order valence-electron chi connectivity index (χ3n) is 2.73. The van der Waals surface area contributed by atoms with E-state index in [2.05, 4.69) is 0 Å². The molecule has 0 radical (unpaired) electrons. The quantitative estimate of drug-likeness (QED) is 0.768. The Hall–Kier alpha value is -1.51. The van der Waals surface area contributed by atoms with Gasteiger partial charge in [-0.05, 0) is 6.07 Å². The van der Waals surface area contributed by atoms with Gasteiger partial charge in [0.05, 0.1) is 14.2 Å². The minimum absolute atomic E-state index is 0.157. The number of carbonyl (C=O) groups is 1. The van der Waals surface area contributed by atoms with Gasteiger partial charge < -0.3 is 9.47 Å². The van der Waals surface area contributed by atoms with Crippen molar-refractivity contribution < 1.29 is 14.3 Å². The van der Waals surface area contributed by atoms with Crippen molar-refractivity contribution in [2.24, 2.45) is 0 Å². The van der Waals surface area contributed by atoms with Gasteiger partial charge in [0, 0.05) is 17.9 Å². The van der Waals surface area contributed by atoms with E-state index in [9.17, 15) is 4.79 Å². The summed E-state index contributed by atoms with van der Waals surface area (Å²) in [6.45, 7) is 3.76. The summed E-state index contributed by atoms with van der Waals surface area (Å²) in [5.74, 6) is 1.36. The summed E-state index contributed by atoms with van der Waals surface area (Å²) in [6, 6.07) is 5.60. The number of Topliss-reactive ketones (excluding diaryl/α,β-unsaturated/α-hetero) is 1. The van der Waals surface area contributed by atoms with Gasteiger partial charge in [-0.25, -0.2) is 0 Å². The van der Waals surface area contributed by atoms with Crippen LogP contribution in [0.4, 0.5) is 0 Å². The van der Waals surface area contributed by atoms with Crippen LogP contribution in [0.3, 0.4) is 0 Å². The third kappa shape index (κ3) is 2.35. The van der Waals surface area contributed by atoms with E-state index in [0.717, 1.165) is 5.56 Å². The average Bonchev–Trinajstić information content (AvgIpc) is 2.35. The van der Waals surface area contributed by atoms with Crippen molar-refractivity contribution >= 4 is 5.78 Å².